The molecule has 0 heterocycles. The zero-order valence-electron chi connectivity index (χ0n) is 20.7. The van der Waals surface area contributed by atoms with Gasteiger partial charge in [0.05, 0.1) is 6.61 Å². The lowest BCUT2D eigenvalue weighted by molar-refractivity contribution is 0.307. The van der Waals surface area contributed by atoms with E-state index < -0.39 is 11.6 Å². The monoisotopic (exact) mass is 482 g/mol. The average Bonchev–Trinajstić information content (AvgIpc) is 2.87. The van der Waals surface area contributed by atoms with E-state index in [1.54, 1.807) is 36.4 Å². The molecule has 0 amide bonds. The Balaban J connectivity index is 1.33. The van der Waals surface area contributed by atoms with Gasteiger partial charge in [0.15, 0.2) is 23.2 Å². The molecule has 1 nitrogen and oxygen atoms in total. The van der Waals surface area contributed by atoms with Crippen LogP contribution < -0.4 is 4.74 Å². The van der Waals surface area contributed by atoms with E-state index in [0.717, 1.165) is 56.9 Å². The first-order chi connectivity index (χ1) is 17.0. The Kier molecular flexibility index (Phi) is 8.75. The highest BCUT2D eigenvalue weighted by molar-refractivity contribution is 5.52. The number of ether oxygens (including phenoxy) is 1. The summed E-state index contributed by atoms with van der Waals surface area (Å²) >= 11 is 0. The zero-order valence-corrected chi connectivity index (χ0v) is 20.7. The molecule has 0 spiro atoms. The second-order valence-electron chi connectivity index (χ2n) is 10.4. The summed E-state index contributed by atoms with van der Waals surface area (Å²) in [7, 11) is 0. The fourth-order valence-corrected chi connectivity index (χ4v) is 5.62. The highest BCUT2D eigenvalue weighted by Gasteiger charge is 2.25. The first kappa shape index (κ1) is 25.6. The Hall–Kier alpha value is -2.49. The van der Waals surface area contributed by atoms with Crippen molar-refractivity contribution in [1.29, 1.82) is 0 Å². The van der Waals surface area contributed by atoms with Gasteiger partial charge in [0.2, 0.25) is 0 Å². The van der Waals surface area contributed by atoms with Gasteiger partial charge in [-0.1, -0.05) is 56.2 Å². The summed E-state index contributed by atoms with van der Waals surface area (Å²) in [6.07, 6.45) is 14.0. The van der Waals surface area contributed by atoms with Crippen molar-refractivity contribution < 1.29 is 17.9 Å². The van der Waals surface area contributed by atoms with Crippen molar-refractivity contribution in [3.8, 4) is 5.75 Å². The van der Waals surface area contributed by atoms with Crippen LogP contribution in [-0.4, -0.2) is 6.61 Å². The number of hydrogen-bond donors (Lipinski definition) is 0. The van der Waals surface area contributed by atoms with Crippen LogP contribution in [0.4, 0.5) is 13.2 Å². The summed E-state index contributed by atoms with van der Waals surface area (Å²) in [6, 6.07) is 8.79. The standard InChI is InChI=1S/C31H37F3O/c1-3-4-19-35-29-18-16-26(20-28(29)32)23-12-7-22(8-13-23)9-14-25-15-17-27(31(34)30(25)33)24-10-5-21(2)6-11-24/h3,9,14-18,20-24H,1,4-8,10-13,19H2,2H3/b14-9+. The van der Waals surface area contributed by atoms with E-state index in [-0.39, 0.29) is 17.5 Å². The molecule has 4 heteroatoms. The molecule has 2 aliphatic carbocycles. The maximum absolute atomic E-state index is 14.8. The van der Waals surface area contributed by atoms with Crippen molar-refractivity contribution in [2.24, 2.45) is 11.8 Å². The zero-order chi connectivity index (χ0) is 24.8. The lowest BCUT2D eigenvalue weighted by Gasteiger charge is -2.27. The van der Waals surface area contributed by atoms with E-state index in [2.05, 4.69) is 13.5 Å². The molecule has 0 aliphatic heterocycles. The molecular weight excluding hydrogens is 445 g/mol. The third-order valence-electron chi connectivity index (χ3n) is 7.92. The SMILES string of the molecule is C=CCCOc1ccc(C2CCC(/C=C/c3ccc(C4CCC(C)CC4)c(F)c3F)CC2)cc1F. The summed E-state index contributed by atoms with van der Waals surface area (Å²) in [6.45, 7) is 6.29. The second kappa shape index (κ2) is 12.0. The Morgan fingerprint density at radius 1 is 0.886 bits per heavy atom. The van der Waals surface area contributed by atoms with Gasteiger partial charge < -0.3 is 4.74 Å². The van der Waals surface area contributed by atoms with E-state index in [4.69, 9.17) is 4.74 Å². The van der Waals surface area contributed by atoms with Crippen LogP contribution in [0.3, 0.4) is 0 Å². The number of allylic oxidation sites excluding steroid dienone is 1. The third kappa shape index (κ3) is 6.39. The van der Waals surface area contributed by atoms with E-state index in [1.807, 2.05) is 12.1 Å². The molecule has 2 saturated carbocycles. The minimum atomic E-state index is -0.725. The van der Waals surface area contributed by atoms with Gasteiger partial charge in [-0.05, 0) is 91.9 Å². The normalized spacial score (nSPS) is 25.0. The van der Waals surface area contributed by atoms with Crippen molar-refractivity contribution in [3.63, 3.8) is 0 Å². The molecule has 0 N–H and O–H groups in total. The summed E-state index contributed by atoms with van der Waals surface area (Å²) in [5, 5.41) is 0. The van der Waals surface area contributed by atoms with Gasteiger partial charge in [-0.25, -0.2) is 13.2 Å². The van der Waals surface area contributed by atoms with Crippen LogP contribution in [0, 0.1) is 29.3 Å². The molecule has 0 aromatic heterocycles. The Bertz CT molecular complexity index is 1030. The van der Waals surface area contributed by atoms with Crippen LogP contribution in [0.15, 0.2) is 49.1 Å². The first-order valence-electron chi connectivity index (χ1n) is 13.2. The van der Waals surface area contributed by atoms with Gasteiger partial charge in [-0.15, -0.1) is 6.58 Å². The maximum Gasteiger partial charge on any atom is 0.166 e. The molecule has 188 valence electrons. The molecule has 35 heavy (non-hydrogen) atoms. The Morgan fingerprint density at radius 3 is 2.29 bits per heavy atom. The largest absolute Gasteiger partial charge is 0.490 e. The van der Waals surface area contributed by atoms with Crippen LogP contribution in [0.1, 0.15) is 93.2 Å². The molecule has 2 aromatic rings. The van der Waals surface area contributed by atoms with Crippen LogP contribution >= 0.6 is 0 Å². The average molecular weight is 483 g/mol. The van der Waals surface area contributed by atoms with Crippen molar-refractivity contribution in [3.05, 3.63) is 83.2 Å². The van der Waals surface area contributed by atoms with Crippen LogP contribution in [0.25, 0.3) is 6.08 Å². The quantitative estimate of drug-likeness (QED) is 0.269. The maximum atomic E-state index is 14.8. The lowest BCUT2D eigenvalue weighted by Crippen LogP contribution is -2.13. The highest BCUT2D eigenvalue weighted by atomic mass is 19.2. The van der Waals surface area contributed by atoms with Gasteiger partial charge in [0, 0.05) is 5.56 Å². The first-order valence-corrected chi connectivity index (χ1v) is 13.2. The second-order valence-corrected chi connectivity index (χ2v) is 10.4. The molecule has 0 saturated heterocycles. The summed E-state index contributed by atoms with van der Waals surface area (Å²) < 4.78 is 49.6. The van der Waals surface area contributed by atoms with Crippen molar-refractivity contribution in [2.75, 3.05) is 6.61 Å². The van der Waals surface area contributed by atoms with Crippen molar-refractivity contribution in [1.82, 2.24) is 0 Å². The smallest absolute Gasteiger partial charge is 0.166 e. The molecule has 0 bridgehead atoms. The van der Waals surface area contributed by atoms with E-state index in [0.29, 0.717) is 41.9 Å². The van der Waals surface area contributed by atoms with Crippen molar-refractivity contribution in [2.45, 2.75) is 76.5 Å². The fraction of sp³-hybridized carbons (Fsp3) is 0.484. The van der Waals surface area contributed by atoms with Gasteiger partial charge in [-0.2, -0.15) is 0 Å². The highest BCUT2D eigenvalue weighted by Crippen LogP contribution is 2.39. The molecule has 2 fully saturated rings. The molecule has 2 aromatic carbocycles. The van der Waals surface area contributed by atoms with Crippen LogP contribution in [0.5, 0.6) is 5.75 Å². The summed E-state index contributed by atoms with van der Waals surface area (Å²) in [5.41, 5.74) is 1.87. The number of hydrogen-bond acceptors (Lipinski definition) is 1. The Labute approximate surface area is 208 Å². The fourth-order valence-electron chi connectivity index (χ4n) is 5.62. The molecule has 4 rings (SSSR count). The predicted molar refractivity (Wildman–Crippen MR) is 137 cm³/mol. The number of benzene rings is 2. The van der Waals surface area contributed by atoms with Crippen LogP contribution in [0.2, 0.25) is 0 Å². The van der Waals surface area contributed by atoms with Gasteiger partial charge in [0.1, 0.15) is 0 Å². The van der Waals surface area contributed by atoms with E-state index in [1.165, 1.54) is 0 Å². The van der Waals surface area contributed by atoms with E-state index in [9.17, 15) is 13.2 Å². The molecule has 2 aliphatic rings. The van der Waals surface area contributed by atoms with Gasteiger partial charge >= 0.3 is 0 Å². The van der Waals surface area contributed by atoms with Gasteiger partial charge in [-0.3, -0.25) is 0 Å². The molecule has 0 unspecified atom stereocenters. The summed E-state index contributed by atoms with van der Waals surface area (Å²) in [5.74, 6) is -0.000375. The summed E-state index contributed by atoms with van der Waals surface area (Å²) in [4.78, 5) is 0. The lowest BCUT2D eigenvalue weighted by atomic mass is 9.78. The third-order valence-corrected chi connectivity index (χ3v) is 7.92. The minimum absolute atomic E-state index is 0.131. The molecule has 0 radical (unpaired) electrons. The minimum Gasteiger partial charge on any atom is -0.490 e. The number of rotatable bonds is 8. The predicted octanol–water partition coefficient (Wildman–Crippen LogP) is 9.34. The van der Waals surface area contributed by atoms with Crippen LogP contribution in [-0.2, 0) is 0 Å². The molecule has 0 atom stereocenters. The molecular formula is C31H37F3O. The van der Waals surface area contributed by atoms with E-state index >= 15 is 0 Å². The number of halogens is 3. The Morgan fingerprint density at radius 2 is 1.60 bits per heavy atom. The topological polar surface area (TPSA) is 9.23 Å². The van der Waals surface area contributed by atoms with Gasteiger partial charge in [0.25, 0.3) is 0 Å². The van der Waals surface area contributed by atoms with Crippen molar-refractivity contribution >= 4 is 6.08 Å².